The number of nitrogens with zero attached hydrogens (tertiary/aromatic N) is 1. The number of carbonyl (C=O) groups is 1. The normalized spacial score (nSPS) is 15.2. The van der Waals surface area contributed by atoms with Crippen molar-refractivity contribution in [1.82, 2.24) is 0 Å². The molecule has 0 spiro atoms. The number of benzene rings is 3. The Bertz CT molecular complexity index is 1270. The lowest BCUT2D eigenvalue weighted by Crippen LogP contribution is -2.21. The van der Waals surface area contributed by atoms with Gasteiger partial charge in [0.1, 0.15) is 23.1 Å². The van der Waals surface area contributed by atoms with Gasteiger partial charge in [-0.3, -0.25) is 0 Å². The van der Waals surface area contributed by atoms with Crippen molar-refractivity contribution < 1.29 is 14.3 Å². The molecule has 4 rings (SSSR count). The van der Waals surface area contributed by atoms with Crippen LogP contribution in [0.15, 0.2) is 90.3 Å². The summed E-state index contributed by atoms with van der Waals surface area (Å²) in [6.45, 7) is 4.27. The first kappa shape index (κ1) is 21.9. The van der Waals surface area contributed by atoms with Crippen molar-refractivity contribution in [3.63, 3.8) is 0 Å². The van der Waals surface area contributed by atoms with Crippen LogP contribution in [-0.4, -0.2) is 5.97 Å². The van der Waals surface area contributed by atoms with Gasteiger partial charge in [0.25, 0.3) is 0 Å². The van der Waals surface area contributed by atoms with Gasteiger partial charge in [-0.15, -0.1) is 0 Å². The molecule has 1 unspecified atom stereocenters. The zero-order chi connectivity index (χ0) is 23.4. The highest BCUT2D eigenvalue weighted by Crippen LogP contribution is 2.43. The highest BCUT2D eigenvalue weighted by Gasteiger charge is 2.31. The van der Waals surface area contributed by atoms with Crippen LogP contribution >= 0.6 is 0 Å². The average Bonchev–Trinajstić information content (AvgIpc) is 2.82. The highest BCUT2D eigenvalue weighted by atomic mass is 16.5. The van der Waals surface area contributed by atoms with Crippen molar-refractivity contribution in [2.24, 2.45) is 5.73 Å². The molecule has 5 nitrogen and oxygen atoms in total. The summed E-state index contributed by atoms with van der Waals surface area (Å²) in [4.78, 5) is 12.3. The van der Waals surface area contributed by atoms with Crippen LogP contribution in [0.1, 0.15) is 47.9 Å². The zero-order valence-electron chi connectivity index (χ0n) is 18.5. The number of ether oxygens (including phenoxy) is 2. The topological polar surface area (TPSA) is 85.3 Å². The Hall–Kier alpha value is -4.30. The number of carbonyl (C=O) groups excluding carboxylic acids is 1. The minimum atomic E-state index is -0.503. The molecule has 33 heavy (non-hydrogen) atoms. The fraction of sp³-hybridized carbons (Fsp3) is 0.143. The molecule has 1 aliphatic heterocycles. The van der Waals surface area contributed by atoms with Crippen LogP contribution in [-0.2, 0) is 4.79 Å². The summed E-state index contributed by atoms with van der Waals surface area (Å²) in [7, 11) is 0. The van der Waals surface area contributed by atoms with Crippen molar-refractivity contribution >= 4 is 12.0 Å². The molecular weight excluding hydrogens is 412 g/mol. The molecule has 0 fully saturated rings. The zero-order valence-corrected chi connectivity index (χ0v) is 18.5. The molecule has 1 heterocycles. The number of nitrogens with two attached hydrogens (primary N) is 1. The first-order valence-electron chi connectivity index (χ1n) is 10.7. The summed E-state index contributed by atoms with van der Waals surface area (Å²) < 4.78 is 11.2. The van der Waals surface area contributed by atoms with E-state index in [0.29, 0.717) is 23.0 Å². The van der Waals surface area contributed by atoms with Crippen LogP contribution in [0.5, 0.6) is 11.5 Å². The quantitative estimate of drug-likeness (QED) is 0.317. The molecule has 5 heteroatoms. The Kier molecular flexibility index (Phi) is 6.28. The molecule has 1 aliphatic rings. The van der Waals surface area contributed by atoms with Gasteiger partial charge in [0.05, 0.1) is 5.92 Å². The van der Waals surface area contributed by atoms with E-state index in [1.165, 1.54) is 11.6 Å². The van der Waals surface area contributed by atoms with Crippen molar-refractivity contribution in [3.8, 4) is 17.6 Å². The van der Waals surface area contributed by atoms with Crippen LogP contribution in [0, 0.1) is 11.3 Å². The lowest BCUT2D eigenvalue weighted by molar-refractivity contribution is -0.128. The van der Waals surface area contributed by atoms with Gasteiger partial charge >= 0.3 is 5.97 Å². The number of hydrogen-bond donors (Lipinski definition) is 1. The number of rotatable bonds is 5. The standard InChI is InChI=1S/C28H24N2O3/c1-18(2)20-9-11-21(12-10-20)27-23-14-13-22(16-25(23)33-28(30)24(27)17-29)32-26(31)15-8-19-6-4-3-5-7-19/h3-16,18,27H,30H2,1-2H3/b15-8+. The van der Waals surface area contributed by atoms with E-state index in [-0.39, 0.29) is 11.8 Å². The molecule has 2 N–H and O–H groups in total. The van der Waals surface area contributed by atoms with E-state index in [1.54, 1.807) is 18.2 Å². The van der Waals surface area contributed by atoms with Crippen LogP contribution in [0.25, 0.3) is 6.08 Å². The van der Waals surface area contributed by atoms with Gasteiger partial charge in [-0.25, -0.2) is 4.79 Å². The van der Waals surface area contributed by atoms with Gasteiger partial charge in [-0.1, -0.05) is 74.5 Å². The second kappa shape index (κ2) is 9.46. The first-order chi connectivity index (χ1) is 16.0. The van der Waals surface area contributed by atoms with Crippen molar-refractivity contribution in [3.05, 3.63) is 113 Å². The molecule has 0 saturated carbocycles. The summed E-state index contributed by atoms with van der Waals surface area (Å²) in [6.07, 6.45) is 3.06. The maximum atomic E-state index is 12.3. The fourth-order valence-electron chi connectivity index (χ4n) is 3.79. The van der Waals surface area contributed by atoms with Crippen LogP contribution in [0.4, 0.5) is 0 Å². The lowest BCUT2D eigenvalue weighted by Gasteiger charge is -2.27. The number of nitriles is 1. The van der Waals surface area contributed by atoms with Gasteiger partial charge in [0, 0.05) is 17.7 Å². The van der Waals surface area contributed by atoms with Gasteiger partial charge in [-0.05, 0) is 34.8 Å². The molecule has 164 valence electrons. The number of esters is 1. The highest BCUT2D eigenvalue weighted by molar-refractivity contribution is 5.88. The van der Waals surface area contributed by atoms with Gasteiger partial charge < -0.3 is 15.2 Å². The summed E-state index contributed by atoms with van der Waals surface area (Å²) in [5, 5.41) is 9.74. The van der Waals surface area contributed by atoms with Crippen LogP contribution < -0.4 is 15.2 Å². The van der Waals surface area contributed by atoms with E-state index >= 15 is 0 Å². The van der Waals surface area contributed by atoms with Gasteiger partial charge in [0.15, 0.2) is 0 Å². The van der Waals surface area contributed by atoms with E-state index in [2.05, 4.69) is 32.0 Å². The smallest absolute Gasteiger partial charge is 0.336 e. The molecule has 0 aromatic heterocycles. The third-order valence-electron chi connectivity index (χ3n) is 5.56. The second-order valence-corrected chi connectivity index (χ2v) is 8.11. The predicted molar refractivity (Wildman–Crippen MR) is 127 cm³/mol. The van der Waals surface area contributed by atoms with Crippen molar-refractivity contribution in [2.45, 2.75) is 25.7 Å². The second-order valence-electron chi connectivity index (χ2n) is 8.11. The van der Waals surface area contributed by atoms with Crippen molar-refractivity contribution in [1.29, 1.82) is 5.26 Å². The molecule has 0 aliphatic carbocycles. The third-order valence-corrected chi connectivity index (χ3v) is 5.56. The molecule has 0 saturated heterocycles. The Labute approximate surface area is 193 Å². The fourth-order valence-corrected chi connectivity index (χ4v) is 3.79. The molecule has 0 amide bonds. The number of hydrogen-bond acceptors (Lipinski definition) is 5. The van der Waals surface area contributed by atoms with Gasteiger partial charge in [0.2, 0.25) is 5.88 Å². The summed E-state index contributed by atoms with van der Waals surface area (Å²) >= 11 is 0. The summed E-state index contributed by atoms with van der Waals surface area (Å²) in [5.74, 6) is 0.389. The Balaban J connectivity index is 1.61. The summed E-state index contributed by atoms with van der Waals surface area (Å²) in [6, 6.07) is 25.0. The van der Waals surface area contributed by atoms with Crippen LogP contribution in [0.3, 0.4) is 0 Å². The van der Waals surface area contributed by atoms with Crippen molar-refractivity contribution in [2.75, 3.05) is 0 Å². The molecule has 3 aromatic carbocycles. The van der Waals surface area contributed by atoms with Gasteiger partial charge in [-0.2, -0.15) is 5.26 Å². The Morgan fingerprint density at radius 3 is 2.48 bits per heavy atom. The van der Waals surface area contributed by atoms with E-state index in [9.17, 15) is 10.1 Å². The Morgan fingerprint density at radius 2 is 1.82 bits per heavy atom. The average molecular weight is 437 g/mol. The number of allylic oxidation sites excluding steroid dienone is 1. The lowest BCUT2D eigenvalue weighted by atomic mass is 9.83. The van der Waals surface area contributed by atoms with E-state index in [1.807, 2.05) is 48.5 Å². The summed E-state index contributed by atoms with van der Waals surface area (Å²) in [5.41, 5.74) is 10.3. The van der Waals surface area contributed by atoms with E-state index < -0.39 is 5.97 Å². The molecule has 0 radical (unpaired) electrons. The first-order valence-corrected chi connectivity index (χ1v) is 10.7. The largest absolute Gasteiger partial charge is 0.440 e. The minimum absolute atomic E-state index is 0.0513. The SMILES string of the molecule is CC(C)c1ccc(C2C(C#N)=C(N)Oc3cc(OC(=O)/C=C/c4ccccc4)ccc32)cc1. The number of fused-ring (bicyclic) bond motifs is 1. The molecular formula is C28H24N2O3. The minimum Gasteiger partial charge on any atom is -0.440 e. The third kappa shape index (κ3) is 4.81. The maximum absolute atomic E-state index is 12.3. The Morgan fingerprint density at radius 1 is 1.09 bits per heavy atom. The van der Waals surface area contributed by atoms with E-state index in [0.717, 1.165) is 16.7 Å². The predicted octanol–water partition coefficient (Wildman–Crippen LogP) is 5.65. The molecule has 0 bridgehead atoms. The maximum Gasteiger partial charge on any atom is 0.336 e. The van der Waals surface area contributed by atoms with E-state index in [4.69, 9.17) is 15.2 Å². The van der Waals surface area contributed by atoms with Crippen LogP contribution in [0.2, 0.25) is 0 Å². The molecule has 1 atom stereocenters. The molecule has 3 aromatic rings. The monoisotopic (exact) mass is 436 g/mol.